The average Bonchev–Trinajstić information content (AvgIpc) is 2.23. The van der Waals surface area contributed by atoms with E-state index in [9.17, 15) is 4.79 Å². The number of rotatable bonds is 8. The Balaban J connectivity index is 3.68. The fourth-order valence-corrected chi connectivity index (χ4v) is 1.10. The summed E-state index contributed by atoms with van der Waals surface area (Å²) in [5, 5.41) is 2.78. The molecule has 0 aliphatic heterocycles. The van der Waals surface area contributed by atoms with E-state index in [1.807, 2.05) is 6.92 Å². The lowest BCUT2D eigenvalue weighted by molar-refractivity contribution is -0.122. The van der Waals surface area contributed by atoms with E-state index in [0.29, 0.717) is 26.1 Å². The van der Waals surface area contributed by atoms with Crippen molar-refractivity contribution in [3.05, 3.63) is 0 Å². The van der Waals surface area contributed by atoms with Crippen LogP contribution >= 0.6 is 0 Å². The lowest BCUT2D eigenvalue weighted by Crippen LogP contribution is -2.36. The molecule has 0 spiro atoms. The molecule has 1 amide bonds. The van der Waals surface area contributed by atoms with Crippen LogP contribution in [-0.4, -0.2) is 45.9 Å². The van der Waals surface area contributed by atoms with Crippen LogP contribution in [0, 0.1) is 5.92 Å². The highest BCUT2D eigenvalue weighted by Crippen LogP contribution is 1.98. The number of hydrogen-bond acceptors (Lipinski definition) is 4. The van der Waals surface area contributed by atoms with Gasteiger partial charge in [-0.15, -0.1) is 0 Å². The van der Waals surface area contributed by atoms with E-state index in [0.717, 1.165) is 0 Å². The number of carbonyl (C=O) groups excluding carboxylic acids is 1. The van der Waals surface area contributed by atoms with Gasteiger partial charge in [-0.1, -0.05) is 6.92 Å². The minimum absolute atomic E-state index is 0.00565. The number of nitrogens with one attached hydrogen (secondary N) is 1. The van der Waals surface area contributed by atoms with Gasteiger partial charge in [-0.05, 0) is 12.5 Å². The lowest BCUT2D eigenvalue weighted by atomic mass is 10.1. The molecular weight excluding hydrogens is 196 g/mol. The Morgan fingerprint density at radius 3 is 2.60 bits per heavy atom. The van der Waals surface area contributed by atoms with Gasteiger partial charge in [0.15, 0.2) is 0 Å². The molecule has 0 bridgehead atoms. The first kappa shape index (κ1) is 14.3. The number of ether oxygens (including phenoxy) is 2. The standard InChI is InChI=1S/C10H22N2O3/c1-8(5-11)4-10(13)12-6-9(15-3)7-14-2/h8-9H,4-7,11H2,1-3H3,(H,12,13). The van der Waals surface area contributed by atoms with E-state index >= 15 is 0 Å². The smallest absolute Gasteiger partial charge is 0.220 e. The Bertz CT molecular complexity index is 176. The first-order valence-corrected chi connectivity index (χ1v) is 5.12. The summed E-state index contributed by atoms with van der Waals surface area (Å²) in [4.78, 5) is 11.4. The molecule has 0 aliphatic carbocycles. The predicted octanol–water partition coefficient (Wildman–Crippen LogP) is -0.251. The normalized spacial score (nSPS) is 14.7. The van der Waals surface area contributed by atoms with Crippen LogP contribution in [-0.2, 0) is 14.3 Å². The van der Waals surface area contributed by atoms with Crippen molar-refractivity contribution in [2.24, 2.45) is 11.7 Å². The molecular formula is C10H22N2O3. The summed E-state index contributed by atoms with van der Waals surface area (Å²) in [7, 11) is 3.20. The molecule has 2 unspecified atom stereocenters. The highest BCUT2D eigenvalue weighted by atomic mass is 16.5. The Morgan fingerprint density at radius 1 is 1.47 bits per heavy atom. The summed E-state index contributed by atoms with van der Waals surface area (Å²) >= 11 is 0. The van der Waals surface area contributed by atoms with Crippen LogP contribution in [0.1, 0.15) is 13.3 Å². The van der Waals surface area contributed by atoms with Crippen molar-refractivity contribution >= 4 is 5.91 Å². The number of carbonyl (C=O) groups is 1. The van der Waals surface area contributed by atoms with E-state index in [-0.39, 0.29) is 17.9 Å². The van der Waals surface area contributed by atoms with Gasteiger partial charge in [-0.3, -0.25) is 4.79 Å². The molecule has 0 fully saturated rings. The fraction of sp³-hybridized carbons (Fsp3) is 0.900. The molecule has 0 aromatic rings. The quantitative estimate of drug-likeness (QED) is 0.589. The molecule has 5 nitrogen and oxygen atoms in total. The van der Waals surface area contributed by atoms with Crippen LogP contribution in [0.3, 0.4) is 0 Å². The zero-order chi connectivity index (χ0) is 11.7. The van der Waals surface area contributed by atoms with Crippen LogP contribution in [0.15, 0.2) is 0 Å². The van der Waals surface area contributed by atoms with Gasteiger partial charge >= 0.3 is 0 Å². The third-order valence-corrected chi connectivity index (χ3v) is 2.15. The van der Waals surface area contributed by atoms with Gasteiger partial charge in [0.25, 0.3) is 0 Å². The van der Waals surface area contributed by atoms with E-state index in [2.05, 4.69) is 5.32 Å². The predicted molar refractivity (Wildman–Crippen MR) is 58.5 cm³/mol. The molecule has 0 rings (SSSR count). The largest absolute Gasteiger partial charge is 0.382 e. The Kier molecular flexibility index (Phi) is 8.27. The fourth-order valence-electron chi connectivity index (χ4n) is 1.10. The molecule has 2 atom stereocenters. The third kappa shape index (κ3) is 7.30. The molecule has 0 saturated heterocycles. The molecule has 15 heavy (non-hydrogen) atoms. The van der Waals surface area contributed by atoms with E-state index in [1.54, 1.807) is 14.2 Å². The second kappa shape index (κ2) is 8.64. The van der Waals surface area contributed by atoms with Crippen molar-refractivity contribution in [1.29, 1.82) is 0 Å². The maximum absolute atomic E-state index is 11.4. The van der Waals surface area contributed by atoms with Crippen molar-refractivity contribution < 1.29 is 14.3 Å². The van der Waals surface area contributed by atoms with Gasteiger partial charge < -0.3 is 20.5 Å². The van der Waals surface area contributed by atoms with Gasteiger partial charge in [0.2, 0.25) is 5.91 Å². The van der Waals surface area contributed by atoms with Crippen molar-refractivity contribution in [3.63, 3.8) is 0 Å². The summed E-state index contributed by atoms with van der Waals surface area (Å²) in [5.74, 6) is 0.222. The van der Waals surface area contributed by atoms with Gasteiger partial charge in [-0.25, -0.2) is 0 Å². The highest BCUT2D eigenvalue weighted by molar-refractivity contribution is 5.76. The van der Waals surface area contributed by atoms with Crippen molar-refractivity contribution in [1.82, 2.24) is 5.32 Å². The van der Waals surface area contributed by atoms with Crippen LogP contribution in [0.2, 0.25) is 0 Å². The highest BCUT2D eigenvalue weighted by Gasteiger charge is 2.11. The van der Waals surface area contributed by atoms with Crippen molar-refractivity contribution in [2.45, 2.75) is 19.4 Å². The molecule has 5 heteroatoms. The molecule has 0 aliphatic rings. The van der Waals surface area contributed by atoms with E-state index in [4.69, 9.17) is 15.2 Å². The van der Waals surface area contributed by atoms with Crippen LogP contribution in [0.5, 0.6) is 0 Å². The van der Waals surface area contributed by atoms with Crippen LogP contribution in [0.4, 0.5) is 0 Å². The van der Waals surface area contributed by atoms with E-state index in [1.165, 1.54) is 0 Å². The van der Waals surface area contributed by atoms with Crippen LogP contribution < -0.4 is 11.1 Å². The SMILES string of the molecule is COCC(CNC(=O)CC(C)CN)OC. The third-order valence-electron chi connectivity index (χ3n) is 2.15. The van der Waals surface area contributed by atoms with Gasteiger partial charge in [0.05, 0.1) is 12.7 Å². The Hall–Kier alpha value is -0.650. The monoisotopic (exact) mass is 218 g/mol. The van der Waals surface area contributed by atoms with Crippen molar-refractivity contribution in [3.8, 4) is 0 Å². The second-order valence-corrected chi connectivity index (χ2v) is 3.66. The number of hydrogen-bond donors (Lipinski definition) is 2. The number of nitrogens with two attached hydrogens (primary N) is 1. The summed E-state index contributed by atoms with van der Waals surface area (Å²) in [6.07, 6.45) is 0.368. The molecule has 90 valence electrons. The lowest BCUT2D eigenvalue weighted by Gasteiger charge is -2.15. The molecule has 0 radical (unpaired) electrons. The summed E-state index contributed by atoms with van der Waals surface area (Å²) in [6, 6.07) is 0. The molecule has 0 saturated carbocycles. The minimum atomic E-state index is -0.0906. The second-order valence-electron chi connectivity index (χ2n) is 3.66. The van der Waals surface area contributed by atoms with Crippen molar-refractivity contribution in [2.75, 3.05) is 33.9 Å². The average molecular weight is 218 g/mol. The minimum Gasteiger partial charge on any atom is -0.382 e. The molecule has 0 aromatic carbocycles. The van der Waals surface area contributed by atoms with E-state index < -0.39 is 0 Å². The first-order valence-electron chi connectivity index (χ1n) is 5.12. The van der Waals surface area contributed by atoms with Crippen LogP contribution in [0.25, 0.3) is 0 Å². The summed E-state index contributed by atoms with van der Waals surface area (Å²) in [6.45, 7) is 3.42. The molecule has 0 heterocycles. The Labute approximate surface area is 91.3 Å². The molecule has 3 N–H and O–H groups in total. The zero-order valence-corrected chi connectivity index (χ0v) is 9.79. The number of methoxy groups -OCH3 is 2. The zero-order valence-electron chi connectivity index (χ0n) is 9.79. The number of amides is 1. The Morgan fingerprint density at radius 2 is 2.13 bits per heavy atom. The first-order chi connectivity index (χ1) is 7.13. The topological polar surface area (TPSA) is 73.6 Å². The van der Waals surface area contributed by atoms with Gasteiger partial charge in [-0.2, -0.15) is 0 Å². The van der Waals surface area contributed by atoms with Gasteiger partial charge in [0, 0.05) is 27.2 Å². The molecule has 0 aromatic heterocycles. The van der Waals surface area contributed by atoms with Gasteiger partial charge in [0.1, 0.15) is 0 Å². The summed E-state index contributed by atoms with van der Waals surface area (Å²) in [5.41, 5.74) is 5.43. The summed E-state index contributed by atoms with van der Waals surface area (Å²) < 4.78 is 10.0. The maximum atomic E-state index is 11.4. The maximum Gasteiger partial charge on any atom is 0.220 e.